The van der Waals surface area contributed by atoms with Gasteiger partial charge in [0.05, 0.1) is 17.4 Å². The molecule has 1 aliphatic rings. The first-order valence-electron chi connectivity index (χ1n) is 10.9. The minimum Gasteiger partial charge on any atom is -0.352 e. The highest BCUT2D eigenvalue weighted by atomic mass is 35.5. The predicted octanol–water partition coefficient (Wildman–Crippen LogP) is 5.35. The Morgan fingerprint density at radius 1 is 1.09 bits per heavy atom. The van der Waals surface area contributed by atoms with Gasteiger partial charge in [0, 0.05) is 11.1 Å². The Morgan fingerprint density at radius 2 is 1.79 bits per heavy atom. The molecule has 5 nitrogen and oxygen atoms in total. The second-order valence-corrected chi connectivity index (χ2v) is 9.77. The van der Waals surface area contributed by atoms with E-state index in [1.165, 1.54) is 23.9 Å². The van der Waals surface area contributed by atoms with Crippen LogP contribution in [0.1, 0.15) is 29.2 Å². The number of para-hydroxylation sites is 1. The zero-order chi connectivity index (χ0) is 23.7. The molecule has 0 spiro atoms. The molecule has 1 fully saturated rings. The van der Waals surface area contributed by atoms with E-state index in [0.29, 0.717) is 26.6 Å². The van der Waals surface area contributed by atoms with Gasteiger partial charge in [0.25, 0.3) is 5.56 Å². The fraction of sp³-hybridized carbons (Fsp3) is 0.192. The number of aromatic nitrogens is 2. The Labute approximate surface area is 205 Å². The molecule has 34 heavy (non-hydrogen) atoms. The van der Waals surface area contributed by atoms with Crippen molar-refractivity contribution in [1.82, 2.24) is 14.9 Å². The summed E-state index contributed by atoms with van der Waals surface area (Å²) in [4.78, 5) is 31.4. The monoisotopic (exact) mass is 493 g/mol. The van der Waals surface area contributed by atoms with Crippen LogP contribution >= 0.6 is 23.4 Å². The summed E-state index contributed by atoms with van der Waals surface area (Å²) in [6, 6.07) is 20.4. The van der Waals surface area contributed by atoms with Gasteiger partial charge in [-0.05, 0) is 60.4 Å². The van der Waals surface area contributed by atoms with Crippen molar-refractivity contribution in [2.45, 2.75) is 35.8 Å². The maximum atomic E-state index is 13.6. The molecular weight excluding hydrogens is 473 g/mol. The van der Waals surface area contributed by atoms with Crippen molar-refractivity contribution in [3.05, 3.63) is 105 Å². The van der Waals surface area contributed by atoms with E-state index in [2.05, 4.69) is 5.32 Å². The highest BCUT2D eigenvalue weighted by Crippen LogP contribution is 2.36. The molecule has 4 aromatic rings. The number of benzene rings is 3. The Kier molecular flexibility index (Phi) is 6.39. The minimum absolute atomic E-state index is 0.164. The van der Waals surface area contributed by atoms with Crippen molar-refractivity contribution >= 4 is 40.2 Å². The third-order valence-corrected chi connectivity index (χ3v) is 7.13. The van der Waals surface area contributed by atoms with Crippen molar-refractivity contribution < 1.29 is 9.18 Å². The Balaban J connectivity index is 1.59. The lowest BCUT2D eigenvalue weighted by atomic mass is 10.1. The van der Waals surface area contributed by atoms with Crippen LogP contribution in [0.5, 0.6) is 0 Å². The van der Waals surface area contributed by atoms with Gasteiger partial charge in [0.2, 0.25) is 5.91 Å². The molecule has 1 atom stereocenters. The van der Waals surface area contributed by atoms with Crippen LogP contribution in [0.3, 0.4) is 0 Å². The number of carbonyl (C=O) groups is 1. The molecule has 8 heteroatoms. The molecule has 0 aliphatic heterocycles. The van der Waals surface area contributed by atoms with Crippen molar-refractivity contribution in [2.24, 2.45) is 0 Å². The topological polar surface area (TPSA) is 64.0 Å². The van der Waals surface area contributed by atoms with E-state index < -0.39 is 5.25 Å². The summed E-state index contributed by atoms with van der Waals surface area (Å²) in [5.41, 5.74) is 1.89. The number of hydrogen-bond acceptors (Lipinski definition) is 4. The SMILES string of the molecule is O=C(NC1CC1)C(Sc1nc2ccccc2c(=O)n1Cc1ccc(Cl)cc1)c1ccc(F)cc1. The van der Waals surface area contributed by atoms with Crippen LogP contribution in [0, 0.1) is 5.82 Å². The predicted molar refractivity (Wildman–Crippen MR) is 133 cm³/mol. The molecule has 0 radical (unpaired) electrons. The molecule has 1 aromatic heterocycles. The Hall–Kier alpha value is -3.16. The zero-order valence-electron chi connectivity index (χ0n) is 18.1. The second-order valence-electron chi connectivity index (χ2n) is 8.26. The Bertz CT molecular complexity index is 1400. The van der Waals surface area contributed by atoms with Crippen LogP contribution in [0.25, 0.3) is 10.9 Å². The number of fused-ring (bicyclic) bond motifs is 1. The molecule has 1 aliphatic carbocycles. The number of halogens is 2. The van der Waals surface area contributed by atoms with Crippen molar-refractivity contribution in [3.8, 4) is 0 Å². The number of nitrogens with zero attached hydrogens (tertiary/aromatic N) is 2. The van der Waals surface area contributed by atoms with Crippen LogP contribution in [0.4, 0.5) is 4.39 Å². The molecule has 0 bridgehead atoms. The number of carbonyl (C=O) groups excluding carboxylic acids is 1. The molecule has 3 aromatic carbocycles. The number of thioether (sulfide) groups is 1. The molecule has 0 saturated heterocycles. The zero-order valence-corrected chi connectivity index (χ0v) is 19.7. The van der Waals surface area contributed by atoms with E-state index in [-0.39, 0.29) is 29.9 Å². The first-order chi connectivity index (χ1) is 16.5. The van der Waals surface area contributed by atoms with E-state index >= 15 is 0 Å². The maximum Gasteiger partial charge on any atom is 0.262 e. The third kappa shape index (κ3) is 5.00. The maximum absolute atomic E-state index is 13.6. The molecule has 1 unspecified atom stereocenters. The van der Waals surface area contributed by atoms with Gasteiger partial charge >= 0.3 is 0 Å². The van der Waals surface area contributed by atoms with Gasteiger partial charge in [-0.25, -0.2) is 9.37 Å². The van der Waals surface area contributed by atoms with Gasteiger partial charge in [0.1, 0.15) is 11.1 Å². The molecule has 1 saturated carbocycles. The van der Waals surface area contributed by atoms with Crippen molar-refractivity contribution in [2.75, 3.05) is 0 Å². The van der Waals surface area contributed by atoms with E-state index in [1.54, 1.807) is 47.0 Å². The highest BCUT2D eigenvalue weighted by molar-refractivity contribution is 8.00. The van der Waals surface area contributed by atoms with Gasteiger partial charge in [-0.2, -0.15) is 0 Å². The number of rotatable bonds is 7. The van der Waals surface area contributed by atoms with Crippen LogP contribution < -0.4 is 10.9 Å². The lowest BCUT2D eigenvalue weighted by molar-refractivity contribution is -0.120. The average molecular weight is 494 g/mol. The summed E-state index contributed by atoms with van der Waals surface area (Å²) in [6.45, 7) is 0.274. The minimum atomic E-state index is -0.689. The molecule has 1 amide bonds. The van der Waals surface area contributed by atoms with Crippen LogP contribution in [0.15, 0.2) is 82.7 Å². The fourth-order valence-electron chi connectivity index (χ4n) is 3.67. The largest absolute Gasteiger partial charge is 0.352 e. The molecular formula is C26H21ClFN3O2S. The normalized spacial score (nSPS) is 14.2. The van der Waals surface area contributed by atoms with E-state index in [1.807, 2.05) is 18.2 Å². The number of nitrogens with one attached hydrogen (secondary N) is 1. The van der Waals surface area contributed by atoms with Gasteiger partial charge < -0.3 is 5.32 Å². The van der Waals surface area contributed by atoms with Gasteiger partial charge in [-0.1, -0.05) is 59.8 Å². The summed E-state index contributed by atoms with van der Waals surface area (Å²) in [6.07, 6.45) is 1.89. The smallest absolute Gasteiger partial charge is 0.262 e. The van der Waals surface area contributed by atoms with E-state index in [0.717, 1.165) is 18.4 Å². The molecule has 172 valence electrons. The van der Waals surface area contributed by atoms with Crippen LogP contribution in [0.2, 0.25) is 5.02 Å². The van der Waals surface area contributed by atoms with Gasteiger partial charge in [-0.3, -0.25) is 14.2 Å². The van der Waals surface area contributed by atoms with E-state index in [4.69, 9.17) is 16.6 Å². The van der Waals surface area contributed by atoms with Gasteiger partial charge in [-0.15, -0.1) is 0 Å². The second kappa shape index (κ2) is 9.60. The van der Waals surface area contributed by atoms with Crippen molar-refractivity contribution in [1.29, 1.82) is 0 Å². The lowest BCUT2D eigenvalue weighted by Crippen LogP contribution is -2.31. The molecule has 1 heterocycles. The summed E-state index contributed by atoms with van der Waals surface area (Å²) >= 11 is 7.22. The first-order valence-corrected chi connectivity index (χ1v) is 12.2. The van der Waals surface area contributed by atoms with Gasteiger partial charge in [0.15, 0.2) is 5.16 Å². The standard InChI is InChI=1S/C26H21ClFN3O2S/c27-18-9-5-16(6-10-18)15-31-25(33)21-3-1-2-4-22(21)30-26(31)34-23(24(32)29-20-13-14-20)17-7-11-19(28)12-8-17/h1-12,20,23H,13-15H2,(H,29,32). The average Bonchev–Trinajstić information content (AvgIpc) is 3.65. The summed E-state index contributed by atoms with van der Waals surface area (Å²) in [7, 11) is 0. The quantitative estimate of drug-likeness (QED) is 0.278. The Morgan fingerprint density at radius 3 is 2.50 bits per heavy atom. The molecule has 1 N–H and O–H groups in total. The highest BCUT2D eigenvalue weighted by Gasteiger charge is 2.30. The number of hydrogen-bond donors (Lipinski definition) is 1. The first kappa shape index (κ1) is 22.6. The summed E-state index contributed by atoms with van der Waals surface area (Å²) in [5, 5.41) is 3.87. The third-order valence-electron chi connectivity index (χ3n) is 5.64. The summed E-state index contributed by atoms with van der Waals surface area (Å²) in [5.74, 6) is -0.557. The summed E-state index contributed by atoms with van der Waals surface area (Å²) < 4.78 is 15.2. The van der Waals surface area contributed by atoms with E-state index in [9.17, 15) is 14.0 Å². The fourth-order valence-corrected chi connectivity index (χ4v) is 4.90. The van der Waals surface area contributed by atoms with Crippen molar-refractivity contribution in [3.63, 3.8) is 0 Å². The van der Waals surface area contributed by atoms with Crippen LogP contribution in [-0.4, -0.2) is 21.5 Å². The lowest BCUT2D eigenvalue weighted by Gasteiger charge is -2.19. The van der Waals surface area contributed by atoms with Crippen LogP contribution in [-0.2, 0) is 11.3 Å². The number of amides is 1. The molecule has 5 rings (SSSR count).